The largest absolute Gasteiger partial charge is 0.493 e. The number of ether oxygens (including phenoxy) is 2. The molecule has 2 rings (SSSR count). The Hall–Kier alpha value is -1.26. The van der Waals surface area contributed by atoms with E-state index in [1.54, 1.807) is 7.11 Å². The lowest BCUT2D eigenvalue weighted by molar-refractivity contribution is 0.0293. The van der Waals surface area contributed by atoms with Gasteiger partial charge in [0.25, 0.3) is 0 Å². The molecule has 17 heavy (non-hydrogen) atoms. The normalized spacial score (nSPS) is 18.7. The second-order valence-corrected chi connectivity index (χ2v) is 4.15. The van der Waals surface area contributed by atoms with Crippen LogP contribution in [0.15, 0.2) is 24.3 Å². The Morgan fingerprint density at radius 3 is 2.47 bits per heavy atom. The van der Waals surface area contributed by atoms with Crippen LogP contribution in [0, 0.1) is 0 Å². The summed E-state index contributed by atoms with van der Waals surface area (Å²) >= 11 is 0. The number of piperazine rings is 1. The first-order valence-corrected chi connectivity index (χ1v) is 6.05. The third kappa shape index (κ3) is 3.11. The fourth-order valence-electron chi connectivity index (χ4n) is 2.02. The summed E-state index contributed by atoms with van der Waals surface area (Å²) in [6.07, 6.45) is 0.0772. The molecule has 0 spiro atoms. The standard InChI is InChI=1S/C13H20N2O2/c1-11(15-9-7-14-8-10-15)17-13-6-4-3-5-12(13)16-2/h3-6,11,14H,7-10H2,1-2H3. The first-order valence-electron chi connectivity index (χ1n) is 6.05. The molecular formula is C13H20N2O2. The number of nitrogens with one attached hydrogen (secondary N) is 1. The Bertz CT molecular complexity index is 351. The highest BCUT2D eigenvalue weighted by Gasteiger charge is 2.18. The van der Waals surface area contributed by atoms with Crippen LogP contribution in [0.2, 0.25) is 0 Å². The molecule has 0 radical (unpaired) electrons. The Morgan fingerprint density at radius 2 is 1.82 bits per heavy atom. The molecule has 1 N–H and O–H groups in total. The van der Waals surface area contributed by atoms with Crippen molar-refractivity contribution in [3.63, 3.8) is 0 Å². The van der Waals surface area contributed by atoms with Gasteiger partial charge < -0.3 is 14.8 Å². The van der Waals surface area contributed by atoms with Gasteiger partial charge in [-0.25, -0.2) is 0 Å². The minimum Gasteiger partial charge on any atom is -0.493 e. The smallest absolute Gasteiger partial charge is 0.163 e. The van der Waals surface area contributed by atoms with E-state index >= 15 is 0 Å². The number of methoxy groups -OCH3 is 1. The maximum Gasteiger partial charge on any atom is 0.163 e. The molecule has 94 valence electrons. The van der Waals surface area contributed by atoms with Crippen LogP contribution in [0.1, 0.15) is 6.92 Å². The molecule has 1 aromatic carbocycles. The SMILES string of the molecule is COc1ccccc1OC(C)N1CCNCC1. The molecule has 0 bridgehead atoms. The summed E-state index contributed by atoms with van der Waals surface area (Å²) in [4.78, 5) is 2.32. The van der Waals surface area contributed by atoms with Gasteiger partial charge in [0.1, 0.15) is 6.23 Å². The quantitative estimate of drug-likeness (QED) is 0.855. The van der Waals surface area contributed by atoms with E-state index in [1.807, 2.05) is 24.3 Å². The van der Waals surface area contributed by atoms with Gasteiger partial charge in [-0.05, 0) is 19.1 Å². The molecule has 1 heterocycles. The van der Waals surface area contributed by atoms with Gasteiger partial charge in [-0.15, -0.1) is 0 Å². The van der Waals surface area contributed by atoms with Crippen LogP contribution >= 0.6 is 0 Å². The number of para-hydroxylation sites is 2. The van der Waals surface area contributed by atoms with Crippen LogP contribution in [-0.4, -0.2) is 44.4 Å². The van der Waals surface area contributed by atoms with Crippen molar-refractivity contribution in [2.75, 3.05) is 33.3 Å². The number of nitrogens with zero attached hydrogens (tertiary/aromatic N) is 1. The van der Waals surface area contributed by atoms with E-state index in [0.29, 0.717) is 0 Å². The van der Waals surface area contributed by atoms with Gasteiger partial charge in [0.2, 0.25) is 0 Å². The summed E-state index contributed by atoms with van der Waals surface area (Å²) in [5.74, 6) is 1.59. The summed E-state index contributed by atoms with van der Waals surface area (Å²) in [6.45, 7) is 6.18. The van der Waals surface area contributed by atoms with E-state index in [1.165, 1.54) is 0 Å². The molecule has 1 saturated heterocycles. The lowest BCUT2D eigenvalue weighted by atomic mass is 10.3. The third-order valence-corrected chi connectivity index (χ3v) is 3.03. The van der Waals surface area contributed by atoms with Crippen molar-refractivity contribution < 1.29 is 9.47 Å². The molecule has 1 aromatic rings. The van der Waals surface area contributed by atoms with Crippen LogP contribution in [0.4, 0.5) is 0 Å². The van der Waals surface area contributed by atoms with Crippen molar-refractivity contribution >= 4 is 0 Å². The zero-order valence-electron chi connectivity index (χ0n) is 10.5. The van der Waals surface area contributed by atoms with Crippen LogP contribution in [0.25, 0.3) is 0 Å². The minimum atomic E-state index is 0.0772. The fraction of sp³-hybridized carbons (Fsp3) is 0.538. The molecule has 1 aliphatic rings. The summed E-state index contributed by atoms with van der Waals surface area (Å²) in [7, 11) is 1.66. The third-order valence-electron chi connectivity index (χ3n) is 3.03. The average Bonchev–Trinajstić information content (AvgIpc) is 2.40. The molecule has 1 atom stereocenters. The highest BCUT2D eigenvalue weighted by Crippen LogP contribution is 2.27. The van der Waals surface area contributed by atoms with Gasteiger partial charge in [0.05, 0.1) is 7.11 Å². The lowest BCUT2D eigenvalue weighted by Crippen LogP contribution is -2.49. The van der Waals surface area contributed by atoms with Gasteiger partial charge in [-0.1, -0.05) is 12.1 Å². The fourth-order valence-corrected chi connectivity index (χ4v) is 2.02. The highest BCUT2D eigenvalue weighted by atomic mass is 16.5. The molecule has 1 aliphatic heterocycles. The minimum absolute atomic E-state index is 0.0772. The van der Waals surface area contributed by atoms with Crippen molar-refractivity contribution in [2.24, 2.45) is 0 Å². The van der Waals surface area contributed by atoms with Crippen molar-refractivity contribution in [1.29, 1.82) is 0 Å². The molecule has 1 fully saturated rings. The second kappa shape index (κ2) is 5.89. The Balaban J connectivity index is 1.99. The number of hydrogen-bond donors (Lipinski definition) is 1. The van der Waals surface area contributed by atoms with E-state index < -0.39 is 0 Å². The van der Waals surface area contributed by atoms with Gasteiger partial charge in [-0.2, -0.15) is 0 Å². The summed E-state index contributed by atoms with van der Waals surface area (Å²) in [5.41, 5.74) is 0. The maximum atomic E-state index is 5.95. The monoisotopic (exact) mass is 236 g/mol. The van der Waals surface area contributed by atoms with Gasteiger partial charge in [-0.3, -0.25) is 4.90 Å². The first-order chi connectivity index (χ1) is 8.31. The molecule has 0 aromatic heterocycles. The van der Waals surface area contributed by atoms with Crippen molar-refractivity contribution in [3.8, 4) is 11.5 Å². The maximum absolute atomic E-state index is 5.95. The number of hydrogen-bond acceptors (Lipinski definition) is 4. The van der Waals surface area contributed by atoms with Crippen molar-refractivity contribution in [1.82, 2.24) is 10.2 Å². The molecule has 0 amide bonds. The zero-order valence-corrected chi connectivity index (χ0v) is 10.5. The second-order valence-electron chi connectivity index (χ2n) is 4.15. The summed E-state index contributed by atoms with van der Waals surface area (Å²) < 4.78 is 11.2. The van der Waals surface area contributed by atoms with Gasteiger partial charge in [0.15, 0.2) is 11.5 Å². The predicted molar refractivity (Wildman–Crippen MR) is 67.5 cm³/mol. The van der Waals surface area contributed by atoms with Crippen molar-refractivity contribution in [2.45, 2.75) is 13.2 Å². The van der Waals surface area contributed by atoms with E-state index in [-0.39, 0.29) is 6.23 Å². The average molecular weight is 236 g/mol. The Morgan fingerprint density at radius 1 is 1.18 bits per heavy atom. The zero-order chi connectivity index (χ0) is 12.1. The molecule has 0 aliphatic carbocycles. The first kappa shape index (κ1) is 12.2. The number of rotatable bonds is 4. The lowest BCUT2D eigenvalue weighted by Gasteiger charge is -2.32. The van der Waals surface area contributed by atoms with Gasteiger partial charge in [0, 0.05) is 26.2 Å². The Kier molecular flexibility index (Phi) is 4.23. The predicted octanol–water partition coefficient (Wildman–Crippen LogP) is 1.33. The van der Waals surface area contributed by atoms with Crippen molar-refractivity contribution in [3.05, 3.63) is 24.3 Å². The van der Waals surface area contributed by atoms with E-state index in [4.69, 9.17) is 9.47 Å². The summed E-state index contributed by atoms with van der Waals surface area (Å²) in [5, 5.41) is 3.33. The molecule has 1 unspecified atom stereocenters. The highest BCUT2D eigenvalue weighted by molar-refractivity contribution is 5.39. The molecular weight excluding hydrogens is 216 g/mol. The summed E-state index contributed by atoms with van der Waals surface area (Å²) in [6, 6.07) is 7.76. The van der Waals surface area contributed by atoms with Crippen LogP contribution in [0.5, 0.6) is 11.5 Å². The van der Waals surface area contributed by atoms with E-state index in [2.05, 4.69) is 17.1 Å². The van der Waals surface area contributed by atoms with E-state index in [9.17, 15) is 0 Å². The van der Waals surface area contributed by atoms with Crippen LogP contribution < -0.4 is 14.8 Å². The Labute approximate surface area is 103 Å². The van der Waals surface area contributed by atoms with E-state index in [0.717, 1.165) is 37.7 Å². The topological polar surface area (TPSA) is 33.7 Å². The van der Waals surface area contributed by atoms with Crippen LogP contribution in [-0.2, 0) is 0 Å². The van der Waals surface area contributed by atoms with Gasteiger partial charge >= 0.3 is 0 Å². The van der Waals surface area contributed by atoms with Crippen LogP contribution in [0.3, 0.4) is 0 Å². The molecule has 4 heteroatoms. The molecule has 0 saturated carbocycles. The molecule has 4 nitrogen and oxygen atoms in total. The number of benzene rings is 1.